The molecule has 1 aromatic heterocycles. The van der Waals surface area contributed by atoms with Crippen molar-refractivity contribution in [3.63, 3.8) is 0 Å². The fraction of sp³-hybridized carbons (Fsp3) is 0.294. The second-order valence-electron chi connectivity index (χ2n) is 5.54. The Hall–Kier alpha value is -2.24. The van der Waals surface area contributed by atoms with Gasteiger partial charge in [0, 0.05) is 12.3 Å². The summed E-state index contributed by atoms with van der Waals surface area (Å²) in [5, 5.41) is 2.60. The van der Waals surface area contributed by atoms with Crippen LogP contribution >= 0.6 is 24.0 Å². The molecule has 0 aliphatic carbocycles. The molecule has 148 valence electrons. The van der Waals surface area contributed by atoms with Gasteiger partial charge in [-0.3, -0.25) is 0 Å². The molecule has 3 N–H and O–H groups in total. The molecule has 0 bridgehead atoms. The Labute approximate surface area is 172 Å². The molecule has 6 nitrogen and oxygen atoms in total. The first-order chi connectivity index (χ1) is 12.2. The highest BCUT2D eigenvalue weighted by Gasteiger charge is 2.32. The first-order valence-electron chi connectivity index (χ1n) is 7.76. The van der Waals surface area contributed by atoms with E-state index in [0.717, 1.165) is 5.56 Å². The molecular formula is C17H20F3IN4O2. The van der Waals surface area contributed by atoms with Crippen molar-refractivity contribution in [2.75, 3.05) is 5.32 Å². The van der Waals surface area contributed by atoms with Gasteiger partial charge in [-0.05, 0) is 31.5 Å². The number of ether oxygens (including phenoxy) is 2. The largest absolute Gasteiger partial charge is 0.573 e. The zero-order valence-corrected chi connectivity index (χ0v) is 17.0. The van der Waals surface area contributed by atoms with Crippen LogP contribution in [0.5, 0.6) is 11.6 Å². The summed E-state index contributed by atoms with van der Waals surface area (Å²) in [5.74, 6) is 0.0535. The number of para-hydroxylation sites is 2. The fourth-order valence-corrected chi connectivity index (χ4v) is 1.95. The standard InChI is InChI=1S/C17H19F3N4O2.HI/c1-11(2)25-15-8-7-12(9-22-15)10-23-16(21)24-13-5-3-4-6-14(13)26-17(18,19)20;/h3-9,11H,10H2,1-2H3,(H3,21,23,24);1H. The highest BCUT2D eigenvalue weighted by molar-refractivity contribution is 14.0. The SMILES string of the molecule is CC(C)Oc1ccc(CN=C(N)Nc2ccccc2OC(F)(F)F)cn1.I. The topological polar surface area (TPSA) is 81.8 Å². The van der Waals surface area contributed by atoms with E-state index >= 15 is 0 Å². The third-order valence-corrected chi connectivity index (χ3v) is 2.96. The number of hydrogen-bond acceptors (Lipinski definition) is 4. The molecule has 0 saturated heterocycles. The zero-order chi connectivity index (χ0) is 19.2. The van der Waals surface area contributed by atoms with Crippen LogP contribution in [0.1, 0.15) is 19.4 Å². The lowest BCUT2D eigenvalue weighted by atomic mass is 10.3. The molecule has 0 saturated carbocycles. The molecule has 0 unspecified atom stereocenters. The number of aliphatic imine (C=N–C) groups is 1. The van der Waals surface area contributed by atoms with Crippen LogP contribution in [0.2, 0.25) is 0 Å². The summed E-state index contributed by atoms with van der Waals surface area (Å²) < 4.78 is 46.6. The van der Waals surface area contributed by atoms with Crippen LogP contribution in [-0.4, -0.2) is 23.4 Å². The van der Waals surface area contributed by atoms with E-state index in [2.05, 4.69) is 20.0 Å². The summed E-state index contributed by atoms with van der Waals surface area (Å²) in [6.07, 6.45) is -3.19. The van der Waals surface area contributed by atoms with Gasteiger partial charge in [-0.25, -0.2) is 9.98 Å². The highest BCUT2D eigenvalue weighted by atomic mass is 127. The van der Waals surface area contributed by atoms with E-state index in [9.17, 15) is 13.2 Å². The first-order valence-corrected chi connectivity index (χ1v) is 7.76. The van der Waals surface area contributed by atoms with Crippen LogP contribution in [0, 0.1) is 0 Å². The molecule has 2 aromatic rings. The Morgan fingerprint density at radius 2 is 1.93 bits per heavy atom. The van der Waals surface area contributed by atoms with E-state index in [-0.39, 0.29) is 48.3 Å². The van der Waals surface area contributed by atoms with E-state index in [1.165, 1.54) is 18.2 Å². The lowest BCUT2D eigenvalue weighted by Crippen LogP contribution is -2.24. The highest BCUT2D eigenvalue weighted by Crippen LogP contribution is 2.29. The maximum atomic E-state index is 12.4. The predicted octanol–water partition coefficient (Wildman–Crippen LogP) is 4.31. The summed E-state index contributed by atoms with van der Waals surface area (Å²) in [7, 11) is 0. The monoisotopic (exact) mass is 496 g/mol. The van der Waals surface area contributed by atoms with Gasteiger partial charge >= 0.3 is 6.36 Å². The average Bonchev–Trinajstić information content (AvgIpc) is 2.54. The molecule has 0 atom stereocenters. The fourth-order valence-electron chi connectivity index (χ4n) is 1.95. The number of guanidine groups is 1. The summed E-state index contributed by atoms with van der Waals surface area (Å²) in [4.78, 5) is 8.22. The molecule has 0 spiro atoms. The van der Waals surface area contributed by atoms with E-state index < -0.39 is 12.1 Å². The van der Waals surface area contributed by atoms with Crippen molar-refractivity contribution < 1.29 is 22.6 Å². The third-order valence-electron chi connectivity index (χ3n) is 2.96. The van der Waals surface area contributed by atoms with Crippen LogP contribution in [0.3, 0.4) is 0 Å². The second-order valence-corrected chi connectivity index (χ2v) is 5.54. The number of aromatic nitrogens is 1. The molecule has 0 radical (unpaired) electrons. The molecule has 0 amide bonds. The summed E-state index contributed by atoms with van der Waals surface area (Å²) in [6, 6.07) is 9.05. The molecule has 10 heteroatoms. The molecule has 2 rings (SSSR count). The number of rotatable bonds is 6. The Morgan fingerprint density at radius 1 is 1.22 bits per heavy atom. The lowest BCUT2D eigenvalue weighted by molar-refractivity contribution is -0.274. The normalized spacial score (nSPS) is 11.7. The van der Waals surface area contributed by atoms with E-state index in [0.29, 0.717) is 5.88 Å². The van der Waals surface area contributed by atoms with Gasteiger partial charge in [0.05, 0.1) is 18.3 Å². The lowest BCUT2D eigenvalue weighted by Gasteiger charge is -2.14. The van der Waals surface area contributed by atoms with Crippen molar-refractivity contribution in [1.29, 1.82) is 0 Å². The Kier molecular flexibility index (Phi) is 8.60. The Bertz CT molecular complexity index is 753. The quantitative estimate of drug-likeness (QED) is 0.354. The van der Waals surface area contributed by atoms with Gasteiger partial charge in [0.25, 0.3) is 0 Å². The minimum absolute atomic E-state index is 0. The first kappa shape index (κ1) is 22.8. The van der Waals surface area contributed by atoms with Gasteiger partial charge < -0.3 is 20.5 Å². The van der Waals surface area contributed by atoms with E-state index in [1.807, 2.05) is 13.8 Å². The molecule has 0 fully saturated rings. The third kappa shape index (κ3) is 8.33. The van der Waals surface area contributed by atoms with Crippen LogP contribution < -0.4 is 20.5 Å². The maximum Gasteiger partial charge on any atom is 0.573 e. The number of nitrogens with two attached hydrogens (primary N) is 1. The summed E-state index contributed by atoms with van der Waals surface area (Å²) in [5.41, 5.74) is 6.57. The van der Waals surface area contributed by atoms with Gasteiger partial charge in [0.1, 0.15) is 0 Å². The van der Waals surface area contributed by atoms with Crippen molar-refractivity contribution in [3.05, 3.63) is 48.2 Å². The van der Waals surface area contributed by atoms with Crippen molar-refractivity contribution >= 4 is 35.6 Å². The summed E-state index contributed by atoms with van der Waals surface area (Å²) in [6.45, 7) is 4.00. The van der Waals surface area contributed by atoms with Crippen molar-refractivity contribution in [1.82, 2.24) is 4.98 Å². The van der Waals surface area contributed by atoms with Crippen LogP contribution in [0.4, 0.5) is 18.9 Å². The van der Waals surface area contributed by atoms with Crippen molar-refractivity contribution in [2.24, 2.45) is 10.7 Å². The van der Waals surface area contributed by atoms with Crippen molar-refractivity contribution in [2.45, 2.75) is 32.9 Å². The number of nitrogens with one attached hydrogen (secondary N) is 1. The van der Waals surface area contributed by atoms with Crippen LogP contribution in [0.25, 0.3) is 0 Å². The molecule has 0 aliphatic heterocycles. The van der Waals surface area contributed by atoms with Gasteiger partial charge in [0.15, 0.2) is 11.7 Å². The molecule has 1 heterocycles. The van der Waals surface area contributed by atoms with Gasteiger partial charge in [-0.1, -0.05) is 18.2 Å². The molecule has 0 aliphatic rings. The van der Waals surface area contributed by atoms with Crippen molar-refractivity contribution in [3.8, 4) is 11.6 Å². The second kappa shape index (κ2) is 10.2. The van der Waals surface area contributed by atoms with Crippen LogP contribution in [0.15, 0.2) is 47.6 Å². The maximum absolute atomic E-state index is 12.4. The number of benzene rings is 1. The van der Waals surface area contributed by atoms with E-state index in [4.69, 9.17) is 10.5 Å². The number of alkyl halides is 3. The number of halogens is 4. The van der Waals surface area contributed by atoms with Crippen LogP contribution in [-0.2, 0) is 6.54 Å². The van der Waals surface area contributed by atoms with Gasteiger partial charge in [-0.2, -0.15) is 0 Å². The molecule has 27 heavy (non-hydrogen) atoms. The minimum atomic E-state index is -4.80. The predicted molar refractivity (Wildman–Crippen MR) is 107 cm³/mol. The van der Waals surface area contributed by atoms with E-state index in [1.54, 1.807) is 24.4 Å². The minimum Gasteiger partial charge on any atom is -0.475 e. The van der Waals surface area contributed by atoms with Gasteiger partial charge in [-0.15, -0.1) is 37.1 Å². The zero-order valence-electron chi connectivity index (χ0n) is 14.7. The van der Waals surface area contributed by atoms with Gasteiger partial charge in [0.2, 0.25) is 5.88 Å². The number of hydrogen-bond donors (Lipinski definition) is 2. The average molecular weight is 496 g/mol. The molecular weight excluding hydrogens is 476 g/mol. The smallest absolute Gasteiger partial charge is 0.475 e. The number of anilines is 1. The summed E-state index contributed by atoms with van der Waals surface area (Å²) >= 11 is 0. The Balaban J connectivity index is 0.00000364. The molecule has 1 aromatic carbocycles. The number of nitrogens with zero attached hydrogens (tertiary/aromatic N) is 2. The Morgan fingerprint density at radius 3 is 2.52 bits per heavy atom. The number of pyridine rings is 1.